The normalized spacial score (nSPS) is 9.88. The molecule has 0 aliphatic carbocycles. The molecule has 2 rings (SSSR count). The minimum Gasteiger partial charge on any atom is -0.368 e. The molecule has 0 saturated heterocycles. The molecule has 0 aliphatic heterocycles. The SMILES string of the molecule is C=CCNc1nc(N)nc(-c2ccncc2)n1. The summed E-state index contributed by atoms with van der Waals surface area (Å²) in [5.41, 5.74) is 6.47. The van der Waals surface area contributed by atoms with E-state index in [4.69, 9.17) is 5.73 Å². The van der Waals surface area contributed by atoms with E-state index < -0.39 is 0 Å². The van der Waals surface area contributed by atoms with Crippen LogP contribution in [0.5, 0.6) is 0 Å². The third-order valence-electron chi connectivity index (χ3n) is 2.00. The number of nitrogen functional groups attached to an aromatic ring is 1. The van der Waals surface area contributed by atoms with E-state index in [1.54, 1.807) is 18.5 Å². The zero-order chi connectivity index (χ0) is 12.1. The molecule has 0 saturated carbocycles. The summed E-state index contributed by atoms with van der Waals surface area (Å²) in [4.78, 5) is 16.2. The number of rotatable bonds is 4. The first kappa shape index (κ1) is 11.0. The average Bonchev–Trinajstić information content (AvgIpc) is 2.37. The number of nitrogens with zero attached hydrogens (tertiary/aromatic N) is 4. The minimum atomic E-state index is 0.179. The topological polar surface area (TPSA) is 89.6 Å². The van der Waals surface area contributed by atoms with Crippen molar-refractivity contribution in [1.82, 2.24) is 19.9 Å². The molecular formula is C11H12N6. The fourth-order valence-electron chi connectivity index (χ4n) is 1.26. The molecule has 0 aliphatic rings. The maximum atomic E-state index is 5.62. The molecule has 0 atom stereocenters. The summed E-state index contributed by atoms with van der Waals surface area (Å²) in [5.74, 6) is 1.13. The van der Waals surface area contributed by atoms with Crippen molar-refractivity contribution in [3.63, 3.8) is 0 Å². The van der Waals surface area contributed by atoms with Gasteiger partial charge >= 0.3 is 0 Å². The van der Waals surface area contributed by atoms with Crippen LogP contribution in [0.4, 0.5) is 11.9 Å². The first-order chi connectivity index (χ1) is 8.29. The zero-order valence-corrected chi connectivity index (χ0v) is 9.17. The number of aromatic nitrogens is 4. The number of hydrogen-bond donors (Lipinski definition) is 2. The molecule has 0 fully saturated rings. The summed E-state index contributed by atoms with van der Waals surface area (Å²) in [6.45, 7) is 4.17. The van der Waals surface area contributed by atoms with Crippen molar-refractivity contribution in [2.24, 2.45) is 0 Å². The van der Waals surface area contributed by atoms with Crippen LogP contribution < -0.4 is 11.1 Å². The number of nitrogens with one attached hydrogen (secondary N) is 1. The second kappa shape index (κ2) is 5.02. The molecule has 0 bridgehead atoms. The number of hydrogen-bond acceptors (Lipinski definition) is 6. The van der Waals surface area contributed by atoms with Crippen LogP contribution >= 0.6 is 0 Å². The monoisotopic (exact) mass is 228 g/mol. The lowest BCUT2D eigenvalue weighted by Gasteiger charge is -2.05. The molecule has 0 unspecified atom stereocenters. The van der Waals surface area contributed by atoms with E-state index in [0.717, 1.165) is 5.56 Å². The molecule has 2 aromatic rings. The highest BCUT2D eigenvalue weighted by Crippen LogP contribution is 2.15. The van der Waals surface area contributed by atoms with Crippen LogP contribution in [0.1, 0.15) is 0 Å². The number of nitrogens with two attached hydrogens (primary N) is 1. The predicted molar refractivity (Wildman–Crippen MR) is 66.2 cm³/mol. The largest absolute Gasteiger partial charge is 0.368 e. The molecular weight excluding hydrogens is 216 g/mol. The molecule has 2 heterocycles. The van der Waals surface area contributed by atoms with Gasteiger partial charge in [0.25, 0.3) is 0 Å². The molecule has 0 radical (unpaired) electrons. The smallest absolute Gasteiger partial charge is 0.228 e. The molecule has 0 spiro atoms. The van der Waals surface area contributed by atoms with Gasteiger partial charge in [-0.05, 0) is 12.1 Å². The van der Waals surface area contributed by atoms with E-state index in [-0.39, 0.29) is 5.95 Å². The van der Waals surface area contributed by atoms with E-state index in [9.17, 15) is 0 Å². The molecule has 0 amide bonds. The fourth-order valence-corrected chi connectivity index (χ4v) is 1.26. The first-order valence-corrected chi connectivity index (χ1v) is 5.06. The lowest BCUT2D eigenvalue weighted by Crippen LogP contribution is -2.07. The van der Waals surface area contributed by atoms with Gasteiger partial charge in [-0.25, -0.2) is 0 Å². The van der Waals surface area contributed by atoms with E-state index in [1.807, 2.05) is 12.1 Å². The van der Waals surface area contributed by atoms with Crippen molar-refractivity contribution in [1.29, 1.82) is 0 Å². The van der Waals surface area contributed by atoms with Gasteiger partial charge in [-0.15, -0.1) is 6.58 Å². The van der Waals surface area contributed by atoms with Gasteiger partial charge in [0.1, 0.15) is 0 Å². The molecule has 2 aromatic heterocycles. The standard InChI is InChI=1S/C11H12N6/c1-2-5-14-11-16-9(15-10(12)17-11)8-3-6-13-7-4-8/h2-4,6-7H,1,5H2,(H3,12,14,15,16,17). The maximum Gasteiger partial charge on any atom is 0.228 e. The van der Waals surface area contributed by atoms with Gasteiger partial charge in [0.15, 0.2) is 5.82 Å². The zero-order valence-electron chi connectivity index (χ0n) is 9.17. The third kappa shape index (κ3) is 2.75. The van der Waals surface area contributed by atoms with Gasteiger partial charge in [-0.3, -0.25) is 4.98 Å². The Morgan fingerprint density at radius 1 is 1.24 bits per heavy atom. The summed E-state index contributed by atoms with van der Waals surface area (Å²) in [7, 11) is 0. The van der Waals surface area contributed by atoms with Crippen LogP contribution in [0.3, 0.4) is 0 Å². The Bertz CT molecular complexity index is 511. The van der Waals surface area contributed by atoms with Gasteiger partial charge in [0.05, 0.1) is 0 Å². The molecule has 6 nitrogen and oxygen atoms in total. The fraction of sp³-hybridized carbons (Fsp3) is 0.0909. The second-order valence-corrected chi connectivity index (χ2v) is 3.25. The second-order valence-electron chi connectivity index (χ2n) is 3.25. The van der Waals surface area contributed by atoms with Crippen LogP contribution in [0, 0.1) is 0 Å². The molecule has 17 heavy (non-hydrogen) atoms. The summed E-state index contributed by atoms with van der Waals surface area (Å²) >= 11 is 0. The summed E-state index contributed by atoms with van der Waals surface area (Å²) in [6.07, 6.45) is 5.06. The van der Waals surface area contributed by atoms with Crippen molar-refractivity contribution in [3.8, 4) is 11.4 Å². The third-order valence-corrected chi connectivity index (χ3v) is 2.00. The summed E-state index contributed by atoms with van der Waals surface area (Å²) in [6, 6.07) is 3.62. The summed E-state index contributed by atoms with van der Waals surface area (Å²) in [5, 5.41) is 2.97. The van der Waals surface area contributed by atoms with E-state index in [2.05, 4.69) is 31.8 Å². The highest BCUT2D eigenvalue weighted by molar-refractivity contribution is 5.56. The van der Waals surface area contributed by atoms with Crippen molar-refractivity contribution in [2.75, 3.05) is 17.6 Å². The van der Waals surface area contributed by atoms with Crippen molar-refractivity contribution in [3.05, 3.63) is 37.2 Å². The van der Waals surface area contributed by atoms with Gasteiger partial charge in [0.2, 0.25) is 11.9 Å². The van der Waals surface area contributed by atoms with Crippen LogP contribution in [0.2, 0.25) is 0 Å². The Kier molecular flexibility index (Phi) is 3.25. The predicted octanol–water partition coefficient (Wildman–Crippen LogP) is 1.11. The molecule has 86 valence electrons. The van der Waals surface area contributed by atoms with Crippen LogP contribution in [0.15, 0.2) is 37.2 Å². The quantitative estimate of drug-likeness (QED) is 0.762. The lowest BCUT2D eigenvalue weighted by atomic mass is 10.2. The average molecular weight is 228 g/mol. The molecule has 0 aromatic carbocycles. The van der Waals surface area contributed by atoms with Crippen molar-refractivity contribution < 1.29 is 0 Å². The van der Waals surface area contributed by atoms with Crippen LogP contribution in [0.25, 0.3) is 11.4 Å². The van der Waals surface area contributed by atoms with Crippen molar-refractivity contribution >= 4 is 11.9 Å². The Labute approximate surface area is 98.7 Å². The van der Waals surface area contributed by atoms with Crippen LogP contribution in [-0.2, 0) is 0 Å². The van der Waals surface area contributed by atoms with Gasteiger partial charge < -0.3 is 11.1 Å². The maximum absolute atomic E-state index is 5.62. The summed E-state index contributed by atoms with van der Waals surface area (Å²) < 4.78 is 0. The Hall–Kier alpha value is -2.50. The van der Waals surface area contributed by atoms with E-state index >= 15 is 0 Å². The Morgan fingerprint density at radius 3 is 2.71 bits per heavy atom. The van der Waals surface area contributed by atoms with Crippen molar-refractivity contribution in [2.45, 2.75) is 0 Å². The number of pyridine rings is 1. The molecule has 3 N–H and O–H groups in total. The van der Waals surface area contributed by atoms with E-state index in [0.29, 0.717) is 18.3 Å². The number of anilines is 2. The van der Waals surface area contributed by atoms with Gasteiger partial charge in [-0.1, -0.05) is 6.08 Å². The van der Waals surface area contributed by atoms with E-state index in [1.165, 1.54) is 0 Å². The van der Waals surface area contributed by atoms with Gasteiger partial charge in [0, 0.05) is 24.5 Å². The highest BCUT2D eigenvalue weighted by Gasteiger charge is 2.05. The van der Waals surface area contributed by atoms with Crippen LogP contribution in [-0.4, -0.2) is 26.5 Å². The highest BCUT2D eigenvalue weighted by atomic mass is 15.2. The van der Waals surface area contributed by atoms with Gasteiger partial charge in [-0.2, -0.15) is 15.0 Å². The lowest BCUT2D eigenvalue weighted by molar-refractivity contribution is 1.05. The molecule has 6 heteroatoms. The minimum absolute atomic E-state index is 0.179. The Morgan fingerprint density at radius 2 is 2.00 bits per heavy atom. The Balaban J connectivity index is 2.35. The first-order valence-electron chi connectivity index (χ1n) is 5.06.